The molecule has 0 fully saturated rings. The highest BCUT2D eigenvalue weighted by atomic mass is 127. The number of amides is 3. The molecule has 0 aromatic heterocycles. The highest BCUT2D eigenvalue weighted by molar-refractivity contribution is 14.1. The topological polar surface area (TPSA) is 87.3 Å². The average Bonchev–Trinajstić information content (AvgIpc) is 2.95. The number of nitrogens with one attached hydrogen (secondary N) is 3. The van der Waals surface area contributed by atoms with Gasteiger partial charge in [-0.25, -0.2) is 4.39 Å². The number of hydrogen-bond donors (Lipinski definition) is 3. The Hall–Kier alpha value is -3.67. The summed E-state index contributed by atoms with van der Waals surface area (Å²) in [5.41, 5.74) is 1.28. The third-order valence-corrected chi connectivity index (χ3v) is 7.49. The number of anilines is 2. The first-order valence-corrected chi connectivity index (χ1v) is 14.3. The van der Waals surface area contributed by atoms with Crippen LogP contribution in [-0.4, -0.2) is 23.5 Å². The zero-order chi connectivity index (χ0) is 28.5. The van der Waals surface area contributed by atoms with Crippen LogP contribution in [0.25, 0.3) is 6.08 Å². The van der Waals surface area contributed by atoms with Crippen molar-refractivity contribution in [3.05, 3.63) is 128 Å². The zero-order valence-electron chi connectivity index (χ0n) is 20.8. The molecule has 3 N–H and O–H groups in total. The van der Waals surface area contributed by atoms with Gasteiger partial charge in [-0.3, -0.25) is 14.4 Å². The summed E-state index contributed by atoms with van der Waals surface area (Å²) in [5.74, 6) is -1.77. The fraction of sp³-hybridized carbons (Fsp3) is 0.0333. The molecule has 3 amide bonds. The molecule has 0 saturated heterocycles. The van der Waals surface area contributed by atoms with Gasteiger partial charge in [-0.15, -0.1) is 11.8 Å². The van der Waals surface area contributed by atoms with E-state index < -0.39 is 17.6 Å². The van der Waals surface area contributed by atoms with Gasteiger partial charge in [0.2, 0.25) is 5.91 Å². The molecule has 4 rings (SSSR count). The lowest BCUT2D eigenvalue weighted by molar-refractivity contribution is -0.114. The lowest BCUT2D eigenvalue weighted by Crippen LogP contribution is -2.30. The summed E-state index contributed by atoms with van der Waals surface area (Å²) in [5, 5.41) is 8.21. The van der Waals surface area contributed by atoms with E-state index in [2.05, 4.69) is 38.5 Å². The van der Waals surface area contributed by atoms with Crippen LogP contribution in [0.15, 0.2) is 108 Å². The SMILES string of the molecule is O=C(CSc1ccc(NC(=O)/C(=C/c2c(F)cccc2Cl)NC(=O)c2ccccc2)cc1)Nc1ccc(I)cc1. The average molecular weight is 686 g/mol. The molecule has 0 atom stereocenters. The van der Waals surface area contributed by atoms with E-state index in [4.69, 9.17) is 11.6 Å². The van der Waals surface area contributed by atoms with Gasteiger partial charge in [0, 0.05) is 31.0 Å². The Morgan fingerprint density at radius 2 is 1.48 bits per heavy atom. The predicted molar refractivity (Wildman–Crippen MR) is 167 cm³/mol. The number of rotatable bonds is 9. The van der Waals surface area contributed by atoms with Crippen LogP contribution in [0, 0.1) is 9.39 Å². The van der Waals surface area contributed by atoms with Gasteiger partial charge >= 0.3 is 0 Å². The zero-order valence-corrected chi connectivity index (χ0v) is 24.5. The van der Waals surface area contributed by atoms with Crippen LogP contribution in [-0.2, 0) is 9.59 Å². The molecule has 0 radical (unpaired) electrons. The summed E-state index contributed by atoms with van der Waals surface area (Å²) in [6.07, 6.45) is 1.20. The second-order valence-electron chi connectivity index (χ2n) is 8.34. The molecule has 40 heavy (non-hydrogen) atoms. The minimum Gasteiger partial charge on any atom is -0.325 e. The van der Waals surface area contributed by atoms with E-state index in [1.165, 1.54) is 36.0 Å². The van der Waals surface area contributed by atoms with Gasteiger partial charge in [-0.1, -0.05) is 35.9 Å². The van der Waals surface area contributed by atoms with Crippen molar-refractivity contribution >= 4 is 81.1 Å². The first-order valence-electron chi connectivity index (χ1n) is 11.9. The van der Waals surface area contributed by atoms with Crippen molar-refractivity contribution in [3.63, 3.8) is 0 Å². The normalized spacial score (nSPS) is 11.0. The van der Waals surface area contributed by atoms with E-state index in [0.717, 1.165) is 14.2 Å². The van der Waals surface area contributed by atoms with Gasteiger partial charge in [0.05, 0.1) is 10.8 Å². The van der Waals surface area contributed by atoms with E-state index in [9.17, 15) is 18.8 Å². The number of carbonyl (C=O) groups is 3. The van der Waals surface area contributed by atoms with Crippen molar-refractivity contribution < 1.29 is 18.8 Å². The highest BCUT2D eigenvalue weighted by Gasteiger charge is 2.17. The van der Waals surface area contributed by atoms with Crippen molar-refractivity contribution in [3.8, 4) is 0 Å². The second kappa shape index (κ2) is 14.1. The largest absolute Gasteiger partial charge is 0.325 e. The first kappa shape index (κ1) is 29.3. The van der Waals surface area contributed by atoms with E-state index in [-0.39, 0.29) is 27.9 Å². The number of thioether (sulfide) groups is 1. The molecule has 0 aliphatic carbocycles. The van der Waals surface area contributed by atoms with Crippen LogP contribution in [0.4, 0.5) is 15.8 Å². The Bertz CT molecular complexity index is 1530. The second-order valence-corrected chi connectivity index (χ2v) is 11.0. The Labute approximate surface area is 253 Å². The third kappa shape index (κ3) is 8.41. The maximum Gasteiger partial charge on any atom is 0.272 e. The van der Waals surface area contributed by atoms with Gasteiger partial charge in [0.15, 0.2) is 0 Å². The molecule has 4 aromatic carbocycles. The predicted octanol–water partition coefficient (Wildman–Crippen LogP) is 7.22. The maximum atomic E-state index is 14.5. The van der Waals surface area contributed by atoms with Crippen LogP contribution < -0.4 is 16.0 Å². The quantitative estimate of drug-likeness (QED) is 0.0987. The minimum atomic E-state index is -0.666. The summed E-state index contributed by atoms with van der Waals surface area (Å²) in [6, 6.07) is 26.9. The van der Waals surface area contributed by atoms with Crippen LogP contribution >= 0.6 is 46.0 Å². The van der Waals surface area contributed by atoms with Crippen LogP contribution in [0.3, 0.4) is 0 Å². The lowest BCUT2D eigenvalue weighted by Gasteiger charge is -2.12. The summed E-state index contributed by atoms with van der Waals surface area (Å²) >= 11 is 9.69. The molecule has 202 valence electrons. The van der Waals surface area contributed by atoms with Crippen molar-refractivity contribution in [2.75, 3.05) is 16.4 Å². The van der Waals surface area contributed by atoms with E-state index in [1.807, 2.05) is 24.3 Å². The van der Waals surface area contributed by atoms with E-state index >= 15 is 0 Å². The standard InChI is InChI=1S/C30H22ClFIN3O3S/c31-25-7-4-8-26(32)24(25)17-27(36-29(38)19-5-2-1-3-6-19)30(39)35-22-13-15-23(16-14-22)40-18-28(37)34-21-11-9-20(33)10-12-21/h1-17H,18H2,(H,34,37)(H,35,39)(H,36,38)/b27-17-. The molecule has 0 heterocycles. The van der Waals surface area contributed by atoms with Crippen molar-refractivity contribution in [1.29, 1.82) is 0 Å². The molecule has 0 spiro atoms. The molecule has 4 aromatic rings. The molecule has 10 heteroatoms. The summed E-state index contributed by atoms with van der Waals surface area (Å²) in [7, 11) is 0. The van der Waals surface area contributed by atoms with E-state index in [0.29, 0.717) is 11.3 Å². The summed E-state index contributed by atoms with van der Waals surface area (Å²) in [4.78, 5) is 39.1. The third-order valence-electron chi connectivity index (χ3n) is 5.43. The lowest BCUT2D eigenvalue weighted by atomic mass is 10.1. The van der Waals surface area contributed by atoms with Crippen LogP contribution in [0.1, 0.15) is 15.9 Å². The summed E-state index contributed by atoms with van der Waals surface area (Å²) in [6.45, 7) is 0. The van der Waals surface area contributed by atoms with Crippen molar-refractivity contribution in [2.24, 2.45) is 0 Å². The Kier molecular flexibility index (Phi) is 10.3. The fourth-order valence-electron chi connectivity index (χ4n) is 3.45. The van der Waals surface area contributed by atoms with E-state index in [1.54, 1.807) is 54.6 Å². The number of carbonyl (C=O) groups excluding carboxylic acids is 3. The number of hydrogen-bond acceptors (Lipinski definition) is 4. The molecule has 0 saturated carbocycles. The van der Waals surface area contributed by atoms with Gasteiger partial charge in [0.25, 0.3) is 11.8 Å². The monoisotopic (exact) mass is 685 g/mol. The van der Waals surface area contributed by atoms with Gasteiger partial charge in [-0.2, -0.15) is 0 Å². The maximum absolute atomic E-state index is 14.5. The molecular weight excluding hydrogens is 664 g/mol. The molecule has 0 unspecified atom stereocenters. The highest BCUT2D eigenvalue weighted by Crippen LogP contribution is 2.24. The van der Waals surface area contributed by atoms with Gasteiger partial charge < -0.3 is 16.0 Å². The molecule has 0 bridgehead atoms. The molecule has 6 nitrogen and oxygen atoms in total. The van der Waals surface area contributed by atoms with Crippen molar-refractivity contribution in [1.82, 2.24) is 5.32 Å². The minimum absolute atomic E-state index is 0.0297. The van der Waals surface area contributed by atoms with Crippen LogP contribution in [0.5, 0.6) is 0 Å². The Morgan fingerprint density at radius 1 is 0.825 bits per heavy atom. The molecular formula is C30H22ClFIN3O3S. The van der Waals surface area contributed by atoms with Gasteiger partial charge in [-0.05, 0) is 101 Å². The number of benzene rings is 4. The Morgan fingerprint density at radius 3 is 2.15 bits per heavy atom. The Balaban J connectivity index is 1.43. The van der Waals surface area contributed by atoms with Crippen molar-refractivity contribution in [2.45, 2.75) is 4.90 Å². The number of halogens is 3. The summed E-state index contributed by atoms with van der Waals surface area (Å²) < 4.78 is 15.5. The fourth-order valence-corrected chi connectivity index (χ4v) is 4.72. The van der Waals surface area contributed by atoms with Crippen LogP contribution in [0.2, 0.25) is 5.02 Å². The smallest absolute Gasteiger partial charge is 0.272 e. The molecule has 0 aliphatic heterocycles. The molecule has 0 aliphatic rings. The van der Waals surface area contributed by atoms with Gasteiger partial charge in [0.1, 0.15) is 11.5 Å². The first-order chi connectivity index (χ1) is 19.3.